The first-order chi connectivity index (χ1) is 11.7. The van der Waals surface area contributed by atoms with Gasteiger partial charge >= 0.3 is 0 Å². The van der Waals surface area contributed by atoms with E-state index in [4.69, 9.17) is 4.99 Å². The molecule has 0 aromatic carbocycles. The number of rotatable bonds is 2. The van der Waals surface area contributed by atoms with Crippen molar-refractivity contribution in [1.82, 2.24) is 9.80 Å². The molecule has 0 bridgehead atoms. The van der Waals surface area contributed by atoms with Crippen molar-refractivity contribution in [3.63, 3.8) is 0 Å². The average molecular weight is 337 g/mol. The maximum Gasteiger partial charge on any atom is 0.197 e. The molecular weight excluding hydrogens is 305 g/mol. The number of aliphatic imine (C=N–C) groups is 1. The number of fused-ring (bicyclic) bond motifs is 1. The number of hydrogen-bond donors (Lipinski definition) is 1. The molecule has 0 aromatic rings. The number of alkyl halides is 1. The molecule has 2 aliphatic carbocycles. The molecule has 5 heteroatoms. The molecule has 24 heavy (non-hydrogen) atoms. The molecule has 4 nitrogen and oxygen atoms in total. The molecule has 4 rings (SSSR count). The summed E-state index contributed by atoms with van der Waals surface area (Å²) in [6.45, 7) is 2.91. The lowest BCUT2D eigenvalue weighted by Gasteiger charge is -2.40. The van der Waals surface area contributed by atoms with Gasteiger partial charge in [0.1, 0.15) is 6.17 Å². The van der Waals surface area contributed by atoms with Crippen LogP contribution in [0.15, 0.2) is 4.99 Å². The minimum atomic E-state index is -0.570. The van der Waals surface area contributed by atoms with Crippen molar-refractivity contribution in [2.24, 2.45) is 10.9 Å². The van der Waals surface area contributed by atoms with Crippen LogP contribution in [0.4, 0.5) is 4.39 Å². The Kier molecular flexibility index (Phi) is 4.98. The molecule has 1 saturated heterocycles. The largest absolute Gasteiger partial charge is 0.393 e. The van der Waals surface area contributed by atoms with Gasteiger partial charge in [0.05, 0.1) is 18.2 Å². The van der Waals surface area contributed by atoms with Crippen LogP contribution in [0.1, 0.15) is 64.2 Å². The second-order valence-corrected chi connectivity index (χ2v) is 8.34. The van der Waals surface area contributed by atoms with E-state index in [0.717, 1.165) is 58.2 Å². The summed E-state index contributed by atoms with van der Waals surface area (Å²) in [5, 5.41) is 9.81. The predicted octanol–water partition coefficient (Wildman–Crippen LogP) is 2.95. The Hall–Kier alpha value is -0.840. The van der Waals surface area contributed by atoms with Gasteiger partial charge in [-0.05, 0) is 57.3 Å². The van der Waals surface area contributed by atoms with Gasteiger partial charge in [0, 0.05) is 19.6 Å². The van der Waals surface area contributed by atoms with Crippen molar-refractivity contribution < 1.29 is 9.50 Å². The predicted molar refractivity (Wildman–Crippen MR) is 93.9 cm³/mol. The summed E-state index contributed by atoms with van der Waals surface area (Å²) in [7, 11) is 0. The number of guanidine groups is 1. The number of nitrogens with zero attached hydrogens (tertiary/aromatic N) is 3. The first kappa shape index (κ1) is 16.6. The fraction of sp³-hybridized carbons (Fsp3) is 0.947. The van der Waals surface area contributed by atoms with Crippen LogP contribution < -0.4 is 0 Å². The third-order valence-corrected chi connectivity index (χ3v) is 6.61. The van der Waals surface area contributed by atoms with Crippen LogP contribution in [0.3, 0.4) is 0 Å². The lowest BCUT2D eigenvalue weighted by Crippen LogP contribution is -2.51. The SMILES string of the molecule is OC1CCN(C2=NC3CCCCC3N2CC2CCC(F)CC2)CC1. The summed E-state index contributed by atoms with van der Waals surface area (Å²) < 4.78 is 13.5. The second-order valence-electron chi connectivity index (χ2n) is 8.34. The van der Waals surface area contributed by atoms with Crippen LogP contribution in [0.2, 0.25) is 0 Å². The number of piperidine rings is 1. The number of hydrogen-bond acceptors (Lipinski definition) is 4. The quantitative estimate of drug-likeness (QED) is 0.842. The molecule has 2 atom stereocenters. The Morgan fingerprint density at radius 1 is 0.958 bits per heavy atom. The van der Waals surface area contributed by atoms with Crippen LogP contribution in [0.25, 0.3) is 0 Å². The highest BCUT2D eigenvalue weighted by molar-refractivity contribution is 5.83. The smallest absolute Gasteiger partial charge is 0.197 e. The zero-order valence-corrected chi connectivity index (χ0v) is 14.7. The second kappa shape index (κ2) is 7.19. The first-order valence-corrected chi connectivity index (χ1v) is 10.1. The van der Waals surface area contributed by atoms with E-state index in [0.29, 0.717) is 18.0 Å². The molecule has 0 radical (unpaired) electrons. The van der Waals surface area contributed by atoms with E-state index < -0.39 is 6.17 Å². The molecule has 2 heterocycles. The van der Waals surface area contributed by atoms with Gasteiger partial charge in [-0.25, -0.2) is 9.38 Å². The lowest BCUT2D eigenvalue weighted by atomic mass is 9.86. The Labute approximate surface area is 145 Å². The van der Waals surface area contributed by atoms with Gasteiger partial charge in [0.2, 0.25) is 0 Å². The normalized spacial score (nSPS) is 38.2. The van der Waals surface area contributed by atoms with Gasteiger partial charge in [-0.1, -0.05) is 12.8 Å². The number of aliphatic hydroxyl groups is 1. The third kappa shape index (κ3) is 3.42. The maximum atomic E-state index is 13.5. The van der Waals surface area contributed by atoms with Crippen molar-refractivity contribution in [3.05, 3.63) is 0 Å². The molecular formula is C19H32FN3O. The van der Waals surface area contributed by atoms with Crippen molar-refractivity contribution in [2.75, 3.05) is 19.6 Å². The molecule has 3 fully saturated rings. The molecule has 0 amide bonds. The summed E-state index contributed by atoms with van der Waals surface area (Å²) >= 11 is 0. The molecule has 4 aliphatic rings. The lowest BCUT2D eigenvalue weighted by molar-refractivity contribution is 0.0991. The number of aliphatic hydroxyl groups excluding tert-OH is 1. The molecule has 2 saturated carbocycles. The van der Waals surface area contributed by atoms with E-state index >= 15 is 0 Å². The van der Waals surface area contributed by atoms with Crippen LogP contribution in [0, 0.1) is 5.92 Å². The van der Waals surface area contributed by atoms with Crippen molar-refractivity contribution in [1.29, 1.82) is 0 Å². The Balaban J connectivity index is 1.46. The molecule has 2 unspecified atom stereocenters. The molecule has 2 aliphatic heterocycles. The van der Waals surface area contributed by atoms with Gasteiger partial charge < -0.3 is 14.9 Å². The monoisotopic (exact) mass is 337 g/mol. The Morgan fingerprint density at radius 2 is 1.67 bits per heavy atom. The summed E-state index contributed by atoms with van der Waals surface area (Å²) in [6, 6.07) is 1.04. The van der Waals surface area contributed by atoms with Crippen molar-refractivity contribution in [3.8, 4) is 0 Å². The zero-order chi connectivity index (χ0) is 16.5. The number of likely N-dealkylation sites (tertiary alicyclic amines) is 1. The fourth-order valence-corrected chi connectivity index (χ4v) is 5.11. The van der Waals surface area contributed by atoms with E-state index in [1.807, 2.05) is 0 Å². The van der Waals surface area contributed by atoms with Crippen LogP contribution >= 0.6 is 0 Å². The third-order valence-electron chi connectivity index (χ3n) is 6.61. The molecule has 1 N–H and O–H groups in total. The molecule has 0 aromatic heterocycles. The highest BCUT2D eigenvalue weighted by atomic mass is 19.1. The van der Waals surface area contributed by atoms with Gasteiger partial charge in [0.15, 0.2) is 5.96 Å². The maximum absolute atomic E-state index is 13.5. The van der Waals surface area contributed by atoms with E-state index in [9.17, 15) is 9.50 Å². The van der Waals surface area contributed by atoms with Gasteiger partial charge in [0.25, 0.3) is 0 Å². The van der Waals surface area contributed by atoms with Gasteiger partial charge in [-0.2, -0.15) is 0 Å². The van der Waals surface area contributed by atoms with E-state index in [2.05, 4.69) is 9.80 Å². The molecule has 136 valence electrons. The highest BCUT2D eigenvalue weighted by Crippen LogP contribution is 2.35. The number of halogens is 1. The van der Waals surface area contributed by atoms with Crippen LogP contribution in [0.5, 0.6) is 0 Å². The van der Waals surface area contributed by atoms with Gasteiger partial charge in [-0.15, -0.1) is 0 Å². The zero-order valence-electron chi connectivity index (χ0n) is 14.7. The molecule has 0 spiro atoms. The van der Waals surface area contributed by atoms with E-state index in [1.165, 1.54) is 31.6 Å². The first-order valence-electron chi connectivity index (χ1n) is 10.1. The van der Waals surface area contributed by atoms with Crippen LogP contribution in [-0.2, 0) is 0 Å². The minimum absolute atomic E-state index is 0.140. The van der Waals surface area contributed by atoms with Crippen molar-refractivity contribution in [2.45, 2.75) is 88.6 Å². The minimum Gasteiger partial charge on any atom is -0.393 e. The summed E-state index contributed by atoms with van der Waals surface area (Å²) in [5.41, 5.74) is 0. The van der Waals surface area contributed by atoms with E-state index in [1.54, 1.807) is 0 Å². The van der Waals surface area contributed by atoms with E-state index in [-0.39, 0.29) is 6.10 Å². The summed E-state index contributed by atoms with van der Waals surface area (Å²) in [4.78, 5) is 10.1. The summed E-state index contributed by atoms with van der Waals surface area (Å²) in [6.07, 6.45) is 9.65. The van der Waals surface area contributed by atoms with Crippen LogP contribution in [-0.4, -0.2) is 64.9 Å². The Bertz CT molecular complexity index is 456. The van der Waals surface area contributed by atoms with Crippen molar-refractivity contribution >= 4 is 5.96 Å². The fourth-order valence-electron chi connectivity index (χ4n) is 5.11. The topological polar surface area (TPSA) is 39.1 Å². The highest BCUT2D eigenvalue weighted by Gasteiger charge is 2.41. The Morgan fingerprint density at radius 3 is 2.42 bits per heavy atom. The summed E-state index contributed by atoms with van der Waals surface area (Å²) in [5.74, 6) is 1.82. The van der Waals surface area contributed by atoms with Gasteiger partial charge in [-0.3, -0.25) is 0 Å². The standard InChI is InChI=1S/C19H32FN3O/c20-15-7-5-14(6-8-15)13-23-18-4-2-1-3-17(18)21-19(23)22-11-9-16(24)10-12-22/h14-18,24H,1-13H2. The average Bonchev–Trinajstić information content (AvgIpc) is 2.96.